The Kier molecular flexibility index (Phi) is 9.85. The number of likely N-dealkylation sites (tertiary alicyclic amines) is 1. The first-order valence-corrected chi connectivity index (χ1v) is 15.1. The summed E-state index contributed by atoms with van der Waals surface area (Å²) in [7, 11) is 0. The van der Waals surface area contributed by atoms with Gasteiger partial charge in [0, 0.05) is 70.3 Å². The number of benzene rings is 2. The molecule has 0 spiro atoms. The van der Waals surface area contributed by atoms with Crippen LogP contribution in [0.4, 0.5) is 5.69 Å². The Bertz CT molecular complexity index is 1170. The number of hydrogen-bond donors (Lipinski definition) is 0. The molecule has 0 atom stereocenters. The molecule has 2 saturated heterocycles. The van der Waals surface area contributed by atoms with E-state index in [1.54, 1.807) is 6.20 Å². The Hall–Kier alpha value is -3.22. The van der Waals surface area contributed by atoms with Crippen molar-refractivity contribution in [1.82, 2.24) is 19.7 Å². The Morgan fingerprint density at radius 2 is 1.52 bits per heavy atom. The number of pyridine rings is 1. The van der Waals surface area contributed by atoms with E-state index in [2.05, 4.69) is 93.0 Å². The van der Waals surface area contributed by atoms with Crippen molar-refractivity contribution in [1.29, 1.82) is 0 Å². The highest BCUT2D eigenvalue weighted by Crippen LogP contribution is 2.24. The van der Waals surface area contributed by atoms with Crippen molar-refractivity contribution in [2.75, 3.05) is 50.7 Å². The van der Waals surface area contributed by atoms with Gasteiger partial charge >= 0.3 is 0 Å². The molecule has 0 bridgehead atoms. The molecule has 3 aromatic rings. The van der Waals surface area contributed by atoms with Crippen molar-refractivity contribution < 1.29 is 4.79 Å². The van der Waals surface area contributed by atoms with Gasteiger partial charge in [0.25, 0.3) is 5.91 Å². The molecule has 40 heavy (non-hydrogen) atoms. The van der Waals surface area contributed by atoms with Gasteiger partial charge in [0.2, 0.25) is 0 Å². The molecule has 0 unspecified atom stereocenters. The summed E-state index contributed by atoms with van der Waals surface area (Å²) in [5, 5.41) is 0. The molecule has 0 N–H and O–H groups in total. The molecular weight excluding hydrogens is 494 g/mol. The summed E-state index contributed by atoms with van der Waals surface area (Å²) in [4.78, 5) is 27.7. The maximum atomic E-state index is 13.7. The largest absolute Gasteiger partial charge is 0.369 e. The molecule has 2 aromatic carbocycles. The maximum Gasteiger partial charge on any atom is 0.272 e. The van der Waals surface area contributed by atoms with Gasteiger partial charge in [-0.2, -0.15) is 0 Å². The fourth-order valence-corrected chi connectivity index (χ4v) is 5.91. The predicted octanol–water partition coefficient (Wildman–Crippen LogP) is 5.56. The van der Waals surface area contributed by atoms with Crippen LogP contribution >= 0.6 is 0 Å². The van der Waals surface area contributed by atoms with Crippen LogP contribution in [-0.4, -0.2) is 77.4 Å². The van der Waals surface area contributed by atoms with Crippen LogP contribution in [-0.2, 0) is 13.1 Å². The van der Waals surface area contributed by atoms with Gasteiger partial charge in [-0.3, -0.25) is 14.7 Å². The summed E-state index contributed by atoms with van der Waals surface area (Å²) in [6, 6.07) is 25.5. The first kappa shape index (κ1) is 28.3. The summed E-state index contributed by atoms with van der Waals surface area (Å²) in [5.74, 6) is 0.765. The second-order valence-electron chi connectivity index (χ2n) is 11.8. The lowest BCUT2D eigenvalue weighted by Gasteiger charge is -2.39. The number of carbonyl (C=O) groups is 1. The molecule has 2 fully saturated rings. The Balaban J connectivity index is 1.20. The third-order valence-electron chi connectivity index (χ3n) is 8.44. The summed E-state index contributed by atoms with van der Waals surface area (Å²) in [5.41, 5.74) is 4.36. The summed E-state index contributed by atoms with van der Waals surface area (Å²) < 4.78 is 0. The third-order valence-corrected chi connectivity index (χ3v) is 8.44. The van der Waals surface area contributed by atoms with Crippen LogP contribution < -0.4 is 4.90 Å². The van der Waals surface area contributed by atoms with E-state index in [0.717, 1.165) is 71.1 Å². The minimum absolute atomic E-state index is 0.0415. The fraction of sp³-hybridized carbons (Fsp3) is 0.471. The van der Waals surface area contributed by atoms with Crippen LogP contribution in [0.5, 0.6) is 0 Å². The van der Waals surface area contributed by atoms with Gasteiger partial charge in [0.15, 0.2) is 0 Å². The topological polar surface area (TPSA) is 42.9 Å². The molecule has 212 valence electrons. The first-order chi connectivity index (χ1) is 19.5. The quantitative estimate of drug-likeness (QED) is 0.338. The highest BCUT2D eigenvalue weighted by molar-refractivity contribution is 5.92. The van der Waals surface area contributed by atoms with E-state index in [9.17, 15) is 4.79 Å². The van der Waals surface area contributed by atoms with Crippen molar-refractivity contribution in [2.45, 2.75) is 52.2 Å². The van der Waals surface area contributed by atoms with Crippen molar-refractivity contribution in [3.05, 3.63) is 95.8 Å². The Morgan fingerprint density at radius 3 is 2.17 bits per heavy atom. The van der Waals surface area contributed by atoms with Crippen molar-refractivity contribution >= 4 is 11.6 Å². The third kappa shape index (κ3) is 7.70. The fourth-order valence-electron chi connectivity index (χ4n) is 5.91. The SMILES string of the molecule is CC(C)CCN1CCC(N(Cc2ccc(N3CCN(Cc4ccccc4)CC3)cc2)C(=O)c2ccccn2)CC1. The number of hydrogen-bond acceptors (Lipinski definition) is 5. The smallest absolute Gasteiger partial charge is 0.272 e. The summed E-state index contributed by atoms with van der Waals surface area (Å²) in [6.45, 7) is 13.7. The van der Waals surface area contributed by atoms with E-state index in [0.29, 0.717) is 12.2 Å². The predicted molar refractivity (Wildman–Crippen MR) is 163 cm³/mol. The normalized spacial score (nSPS) is 17.3. The Morgan fingerprint density at radius 1 is 0.825 bits per heavy atom. The average molecular weight is 540 g/mol. The number of piperazine rings is 1. The zero-order valence-electron chi connectivity index (χ0n) is 24.3. The average Bonchev–Trinajstić information content (AvgIpc) is 3.00. The van der Waals surface area contributed by atoms with Gasteiger partial charge in [0.05, 0.1) is 0 Å². The monoisotopic (exact) mass is 539 g/mol. The first-order valence-electron chi connectivity index (χ1n) is 15.1. The lowest BCUT2D eigenvalue weighted by molar-refractivity contribution is 0.0540. The second-order valence-corrected chi connectivity index (χ2v) is 11.8. The van der Waals surface area contributed by atoms with Gasteiger partial charge in [-0.1, -0.05) is 62.4 Å². The highest BCUT2D eigenvalue weighted by atomic mass is 16.2. The Labute approximate surface area is 240 Å². The van der Waals surface area contributed by atoms with Crippen LogP contribution in [0.3, 0.4) is 0 Å². The molecule has 2 aliphatic heterocycles. The highest BCUT2D eigenvalue weighted by Gasteiger charge is 2.29. The van der Waals surface area contributed by atoms with Gasteiger partial charge in [-0.25, -0.2) is 0 Å². The number of piperidine rings is 1. The number of aromatic nitrogens is 1. The lowest BCUT2D eigenvalue weighted by Crippen LogP contribution is -2.47. The molecule has 1 amide bonds. The number of rotatable bonds is 10. The number of anilines is 1. The minimum Gasteiger partial charge on any atom is -0.369 e. The maximum absolute atomic E-state index is 13.7. The second kappa shape index (κ2) is 13.9. The van der Waals surface area contributed by atoms with E-state index >= 15 is 0 Å². The molecule has 3 heterocycles. The lowest BCUT2D eigenvalue weighted by atomic mass is 10.0. The number of amides is 1. The summed E-state index contributed by atoms with van der Waals surface area (Å²) in [6.07, 6.45) is 4.98. The molecule has 2 aliphatic rings. The number of nitrogens with zero attached hydrogens (tertiary/aromatic N) is 5. The molecule has 0 radical (unpaired) electrons. The molecule has 0 saturated carbocycles. The zero-order valence-corrected chi connectivity index (χ0v) is 24.3. The molecule has 6 nitrogen and oxygen atoms in total. The van der Waals surface area contributed by atoms with Crippen molar-refractivity contribution in [3.8, 4) is 0 Å². The number of carbonyl (C=O) groups excluding carboxylic acids is 1. The van der Waals surface area contributed by atoms with Crippen molar-refractivity contribution in [2.24, 2.45) is 5.92 Å². The van der Waals surface area contributed by atoms with Crippen LogP contribution in [0, 0.1) is 5.92 Å². The van der Waals surface area contributed by atoms with E-state index < -0.39 is 0 Å². The van der Waals surface area contributed by atoms with Crippen LogP contribution in [0.15, 0.2) is 79.0 Å². The van der Waals surface area contributed by atoms with Crippen LogP contribution in [0.25, 0.3) is 0 Å². The zero-order chi connectivity index (χ0) is 27.7. The molecule has 5 rings (SSSR count). The molecule has 6 heteroatoms. The van der Waals surface area contributed by atoms with Gasteiger partial charge in [0.1, 0.15) is 5.69 Å². The summed E-state index contributed by atoms with van der Waals surface area (Å²) >= 11 is 0. The van der Waals surface area contributed by atoms with Gasteiger partial charge in [-0.05, 0) is 67.1 Å². The van der Waals surface area contributed by atoms with E-state index in [1.165, 1.54) is 23.2 Å². The minimum atomic E-state index is 0.0415. The van der Waals surface area contributed by atoms with Crippen molar-refractivity contribution in [3.63, 3.8) is 0 Å². The molecule has 0 aliphatic carbocycles. The standard InChI is InChI=1S/C34H45N5O/c1-28(2)15-19-36-20-16-32(17-21-36)39(34(40)33-10-6-7-18-35-33)27-30-11-13-31(14-12-30)38-24-22-37(23-25-38)26-29-8-4-3-5-9-29/h3-14,18,28,32H,15-17,19-27H2,1-2H3. The van der Waals surface area contributed by atoms with Crippen LogP contribution in [0.2, 0.25) is 0 Å². The van der Waals surface area contributed by atoms with E-state index in [1.807, 2.05) is 18.2 Å². The molecule has 1 aromatic heterocycles. The molecular formula is C34H45N5O. The van der Waals surface area contributed by atoms with E-state index in [4.69, 9.17) is 0 Å². The van der Waals surface area contributed by atoms with Crippen LogP contribution in [0.1, 0.15) is 54.7 Å². The van der Waals surface area contributed by atoms with Gasteiger partial charge in [-0.15, -0.1) is 0 Å². The van der Waals surface area contributed by atoms with Gasteiger partial charge < -0.3 is 14.7 Å². The van der Waals surface area contributed by atoms with E-state index in [-0.39, 0.29) is 11.9 Å².